The van der Waals surface area contributed by atoms with E-state index in [0.717, 1.165) is 70.6 Å². The largest absolute Gasteiger partial charge is 0.472 e. The Morgan fingerprint density at radius 1 is 1.01 bits per heavy atom. The Hall–Kier alpha value is -5.37. The zero-order valence-corrected chi connectivity index (χ0v) is 41.2. The Labute approximate surface area is 406 Å². The van der Waals surface area contributed by atoms with Gasteiger partial charge in [0.1, 0.15) is 17.6 Å². The number of aromatic nitrogens is 2. The van der Waals surface area contributed by atoms with E-state index >= 15 is 0 Å². The fourth-order valence-electron chi connectivity index (χ4n) is 9.49. The molecule has 2 fully saturated rings. The van der Waals surface area contributed by atoms with Crippen molar-refractivity contribution < 1.29 is 51.1 Å². The summed E-state index contributed by atoms with van der Waals surface area (Å²) in [5, 5.41) is 16.6. The summed E-state index contributed by atoms with van der Waals surface area (Å²) in [4.78, 5) is 51.7. The zero-order valence-electron chi connectivity index (χ0n) is 38.7. The van der Waals surface area contributed by atoms with Gasteiger partial charge in [0.25, 0.3) is 27.3 Å². The molecule has 1 saturated heterocycles. The van der Waals surface area contributed by atoms with E-state index in [2.05, 4.69) is 50.8 Å². The van der Waals surface area contributed by atoms with Crippen molar-refractivity contribution in [3.63, 3.8) is 0 Å². The van der Waals surface area contributed by atoms with Crippen molar-refractivity contribution in [1.29, 1.82) is 0 Å². The number of H-pyrrole nitrogens is 1. The lowest BCUT2D eigenvalue weighted by atomic mass is 9.72. The topological polar surface area (TPSA) is 230 Å². The average molecular weight is 1010 g/mol. The molecule has 2 aromatic heterocycles. The summed E-state index contributed by atoms with van der Waals surface area (Å²) >= 11 is 6.25. The number of sulfonamides is 1. The number of ether oxygens (including phenoxy) is 2. The summed E-state index contributed by atoms with van der Waals surface area (Å²) in [7, 11) is -7.85. The maximum absolute atomic E-state index is 14.1. The minimum atomic E-state index is -4.87. The fraction of sp³-hybridized carbons (Fsp3) is 0.417. The maximum atomic E-state index is 14.1. The van der Waals surface area contributed by atoms with Crippen LogP contribution in [0.2, 0.25) is 5.02 Å². The standard InChI is InChI=1S/C48H57ClN7O11PS/c1-48(2)18-16-35(42(27-48)33-6-8-36(49)9-7-33)29-53-20-22-54(23-21-53)37-10-14-41(45(25-37)67-39-24-34-17-19-50-46(34)55(30-39)31-66-68(60,61)62)47(57)52-69(63,64)40-13-15-43(44(26-40)56(58)59)51-28-32-4-11-38(65-3)12-5-32/h6-10,13-15,17,19,24-26,30,32,38,51H,4-5,11-12,16,18,20-23,27-29,31H2,1-3H3,(H3,52,57,60,61,62)/p+1. The Morgan fingerprint density at radius 3 is 2.45 bits per heavy atom. The highest BCUT2D eigenvalue weighted by Gasteiger charge is 2.31. The summed E-state index contributed by atoms with van der Waals surface area (Å²) < 4.78 is 59.5. The summed E-state index contributed by atoms with van der Waals surface area (Å²) in [6.07, 6.45) is 9.86. The predicted octanol–water partition coefficient (Wildman–Crippen LogP) is 8.40. The van der Waals surface area contributed by atoms with Crippen LogP contribution in [0.25, 0.3) is 16.6 Å². The molecule has 3 aromatic carbocycles. The molecule has 0 radical (unpaired) electrons. The molecule has 69 heavy (non-hydrogen) atoms. The second-order valence-corrected chi connectivity index (χ2v) is 22.1. The van der Waals surface area contributed by atoms with Crippen LogP contribution in [0.5, 0.6) is 11.5 Å². The second kappa shape index (κ2) is 20.9. The van der Waals surface area contributed by atoms with Crippen molar-refractivity contribution in [1.82, 2.24) is 14.6 Å². The quantitative estimate of drug-likeness (QED) is 0.0255. The van der Waals surface area contributed by atoms with E-state index in [0.29, 0.717) is 41.4 Å². The zero-order chi connectivity index (χ0) is 49.1. The molecule has 5 aromatic rings. The first-order valence-electron chi connectivity index (χ1n) is 22.9. The second-order valence-electron chi connectivity index (χ2n) is 18.8. The van der Waals surface area contributed by atoms with Crippen LogP contribution in [0, 0.1) is 21.4 Å². The monoisotopic (exact) mass is 1010 g/mol. The highest BCUT2D eigenvalue weighted by atomic mass is 35.5. The number of phosphoric acid groups is 1. The number of halogens is 1. The number of rotatable bonds is 17. The van der Waals surface area contributed by atoms with Crippen molar-refractivity contribution in [2.45, 2.75) is 76.5 Å². The van der Waals surface area contributed by atoms with Gasteiger partial charge in [-0.3, -0.25) is 19.8 Å². The molecule has 1 saturated carbocycles. The Bertz CT molecular complexity index is 2890. The van der Waals surface area contributed by atoms with Gasteiger partial charge >= 0.3 is 7.82 Å². The Morgan fingerprint density at radius 2 is 1.75 bits per heavy atom. The lowest BCUT2D eigenvalue weighted by Crippen LogP contribution is -2.47. The number of amides is 1. The number of pyridine rings is 1. The van der Waals surface area contributed by atoms with Crippen LogP contribution in [0.1, 0.15) is 74.7 Å². The molecule has 0 spiro atoms. The normalized spacial score (nSPS) is 19.1. The number of nitrogens with one attached hydrogen (secondary N) is 3. The van der Waals surface area contributed by atoms with E-state index in [1.54, 1.807) is 37.6 Å². The van der Waals surface area contributed by atoms with E-state index < -0.39 is 46.0 Å². The molecular formula is C48H58ClN7O11PS+. The molecule has 3 heterocycles. The van der Waals surface area contributed by atoms with Gasteiger partial charge in [0.05, 0.1) is 33.1 Å². The van der Waals surface area contributed by atoms with Crippen LogP contribution < -0.4 is 24.2 Å². The maximum Gasteiger partial charge on any atom is 0.472 e. The van der Waals surface area contributed by atoms with Crippen molar-refractivity contribution in [2.75, 3.05) is 56.6 Å². The van der Waals surface area contributed by atoms with Crippen LogP contribution in [0.15, 0.2) is 95.7 Å². The molecule has 0 unspecified atom stereocenters. The number of anilines is 2. The van der Waals surface area contributed by atoms with Gasteiger partial charge in [0.15, 0.2) is 5.75 Å². The molecule has 5 N–H and O–H groups in total. The number of nitro groups is 1. The molecule has 1 amide bonds. The number of allylic oxidation sites excluding steroid dienone is 1. The third kappa shape index (κ3) is 12.5. The molecule has 3 aliphatic rings. The average Bonchev–Trinajstić information content (AvgIpc) is 3.80. The number of nitro benzene ring substituents is 1. The van der Waals surface area contributed by atoms with Gasteiger partial charge in [0.2, 0.25) is 6.73 Å². The fourth-order valence-corrected chi connectivity index (χ4v) is 10.9. The Kier molecular flexibility index (Phi) is 15.2. The number of nitrogens with zero attached hydrogens (tertiary/aromatic N) is 4. The van der Waals surface area contributed by atoms with E-state index in [9.17, 15) is 37.7 Å². The molecular weight excluding hydrogens is 949 g/mol. The van der Waals surface area contributed by atoms with Crippen LogP contribution >= 0.6 is 19.4 Å². The van der Waals surface area contributed by atoms with E-state index in [4.69, 9.17) is 25.6 Å². The first-order valence-corrected chi connectivity index (χ1v) is 26.3. The number of methoxy groups -OCH3 is 1. The number of fused-ring (bicyclic) bond motifs is 1. The summed E-state index contributed by atoms with van der Waals surface area (Å²) in [5.41, 5.74) is 4.88. The van der Waals surface area contributed by atoms with Crippen LogP contribution in [-0.4, -0.2) is 91.4 Å². The van der Waals surface area contributed by atoms with Crippen LogP contribution in [0.3, 0.4) is 0 Å². The molecule has 1 aliphatic heterocycles. The van der Waals surface area contributed by atoms with Gasteiger partial charge in [-0.25, -0.2) is 31.8 Å². The lowest BCUT2D eigenvalue weighted by Gasteiger charge is -2.39. The number of hydrogen-bond acceptors (Lipinski definition) is 12. The molecule has 2 aliphatic carbocycles. The van der Waals surface area contributed by atoms with Gasteiger partial charge in [0, 0.05) is 75.3 Å². The van der Waals surface area contributed by atoms with Gasteiger partial charge in [-0.05, 0) is 110 Å². The van der Waals surface area contributed by atoms with Crippen LogP contribution in [0.4, 0.5) is 17.1 Å². The summed E-state index contributed by atoms with van der Waals surface area (Å²) in [5.74, 6) is -0.672. The van der Waals surface area contributed by atoms with Gasteiger partial charge in [-0.2, -0.15) is 0 Å². The number of hydrogen-bond donors (Lipinski definition) is 5. The number of phosphoric ester groups is 1. The molecule has 0 bridgehead atoms. The van der Waals surface area contributed by atoms with Gasteiger partial charge < -0.3 is 29.5 Å². The molecule has 8 rings (SSSR count). The van der Waals surface area contributed by atoms with Crippen LogP contribution in [-0.2, 0) is 30.6 Å². The van der Waals surface area contributed by atoms with Crippen molar-refractivity contribution in [3.8, 4) is 11.5 Å². The summed E-state index contributed by atoms with van der Waals surface area (Å²) in [6, 6.07) is 19.7. The van der Waals surface area contributed by atoms with E-state index in [1.807, 2.05) is 12.1 Å². The van der Waals surface area contributed by atoms with E-state index in [-0.39, 0.29) is 40.2 Å². The van der Waals surface area contributed by atoms with Crippen molar-refractivity contribution in [3.05, 3.63) is 117 Å². The molecule has 21 heteroatoms. The van der Waals surface area contributed by atoms with Crippen molar-refractivity contribution >= 4 is 69.0 Å². The number of piperazine rings is 1. The molecule has 0 atom stereocenters. The van der Waals surface area contributed by atoms with Gasteiger partial charge in [-0.15, -0.1) is 0 Å². The lowest BCUT2D eigenvalue weighted by molar-refractivity contribution is -0.703. The smallest absolute Gasteiger partial charge is 0.453 e. The molecule has 18 nitrogen and oxygen atoms in total. The summed E-state index contributed by atoms with van der Waals surface area (Å²) in [6.45, 7) is 8.13. The highest BCUT2D eigenvalue weighted by molar-refractivity contribution is 7.90. The SMILES string of the molecule is COC1CCC(CNc2ccc(S(=O)(=O)NC(=O)c3ccc(N4CCN(CC5=C(c6ccc(Cl)cc6)CC(C)(C)CC5)CC4)cc3Oc3cc4cc[nH]c4[n+](COP(=O)(O)O)c3)cc2[N+](=O)[O-])CC1. The van der Waals surface area contributed by atoms with Gasteiger partial charge in [-0.1, -0.05) is 43.2 Å². The first kappa shape index (κ1) is 50.0. The van der Waals surface area contributed by atoms with E-state index in [1.165, 1.54) is 45.7 Å². The minimum Gasteiger partial charge on any atom is -0.453 e. The highest BCUT2D eigenvalue weighted by Crippen LogP contribution is 2.44. The van der Waals surface area contributed by atoms with Crippen molar-refractivity contribution in [2.24, 2.45) is 11.3 Å². The minimum absolute atomic E-state index is 0.0207. The third-order valence-electron chi connectivity index (χ3n) is 13.4. The Balaban J connectivity index is 1.04. The molecule has 368 valence electrons. The third-order valence-corrected chi connectivity index (χ3v) is 15.4. The number of benzene rings is 3. The number of aromatic amines is 1. The predicted molar refractivity (Wildman–Crippen MR) is 262 cm³/mol. The number of carbonyl (C=O) groups excluding carboxylic acids is 1. The first-order chi connectivity index (χ1) is 32.8. The number of carbonyl (C=O) groups is 1.